The van der Waals surface area contributed by atoms with Crippen LogP contribution in [0.4, 0.5) is 0 Å². The zero-order chi connectivity index (χ0) is 16.7. The number of aromatic hydroxyl groups is 2. The van der Waals surface area contributed by atoms with E-state index in [1.165, 1.54) is 0 Å². The molecule has 2 atom stereocenters. The summed E-state index contributed by atoms with van der Waals surface area (Å²) in [5.74, 6) is 0.171. The highest BCUT2D eigenvalue weighted by atomic mass is 16.3. The lowest BCUT2D eigenvalue weighted by Gasteiger charge is -2.23. The molecule has 1 aliphatic heterocycles. The van der Waals surface area contributed by atoms with E-state index in [9.17, 15) is 10.2 Å². The van der Waals surface area contributed by atoms with E-state index >= 15 is 0 Å². The standard InChI is InChI=1S/C20H18N2O2/c1-2-15-16(12-8-4-3-5-9-12)22-18-17(21-15)19(23)13-10-6-7-11-14(13)20(18)24/h3-11,15-16,23-24H,2H2,1H3/t15-,16-/m0/s1. The minimum atomic E-state index is -0.157. The summed E-state index contributed by atoms with van der Waals surface area (Å²) in [5.41, 5.74) is 1.06. The third kappa shape index (κ3) is 2.14. The fourth-order valence-electron chi connectivity index (χ4n) is 3.34. The van der Waals surface area contributed by atoms with Gasteiger partial charge < -0.3 is 10.2 Å². The van der Waals surface area contributed by atoms with Gasteiger partial charge in [-0.1, -0.05) is 61.5 Å². The Morgan fingerprint density at radius 2 is 1.33 bits per heavy atom. The number of phenolic OH excluding ortho intramolecular Hbond substituents is 2. The second-order valence-corrected chi connectivity index (χ2v) is 6.03. The molecule has 0 spiro atoms. The minimum Gasteiger partial charge on any atom is -0.505 e. The Kier molecular flexibility index (Phi) is 3.45. The molecule has 0 aromatic heterocycles. The highest BCUT2D eigenvalue weighted by molar-refractivity contribution is 5.92. The van der Waals surface area contributed by atoms with Crippen LogP contribution in [0.3, 0.4) is 0 Å². The lowest BCUT2D eigenvalue weighted by atomic mass is 9.96. The maximum Gasteiger partial charge on any atom is 0.151 e. The van der Waals surface area contributed by atoms with E-state index in [1.807, 2.05) is 42.5 Å². The fourth-order valence-corrected chi connectivity index (χ4v) is 3.34. The van der Waals surface area contributed by atoms with Gasteiger partial charge in [0.2, 0.25) is 0 Å². The Labute approximate surface area is 139 Å². The normalized spacial score (nSPS) is 19.4. The van der Waals surface area contributed by atoms with Crippen molar-refractivity contribution in [3.8, 4) is 11.5 Å². The predicted octanol–water partition coefficient (Wildman–Crippen LogP) is 3.02. The molecule has 24 heavy (non-hydrogen) atoms. The van der Waals surface area contributed by atoms with Crippen LogP contribution in [0, 0.1) is 0 Å². The summed E-state index contributed by atoms with van der Waals surface area (Å²) in [5, 5.41) is 23.3. The van der Waals surface area contributed by atoms with E-state index in [1.54, 1.807) is 12.1 Å². The van der Waals surface area contributed by atoms with Crippen molar-refractivity contribution in [1.29, 1.82) is 0 Å². The molecule has 4 nitrogen and oxygen atoms in total. The maximum atomic E-state index is 10.7. The van der Waals surface area contributed by atoms with Crippen molar-refractivity contribution in [2.75, 3.05) is 0 Å². The molecule has 3 aromatic carbocycles. The average molecular weight is 318 g/mol. The first-order chi connectivity index (χ1) is 11.7. The summed E-state index contributed by atoms with van der Waals surface area (Å²) >= 11 is 0. The monoisotopic (exact) mass is 318 g/mol. The molecule has 0 saturated heterocycles. The van der Waals surface area contributed by atoms with Crippen LogP contribution >= 0.6 is 0 Å². The summed E-state index contributed by atoms with van der Waals surface area (Å²) < 4.78 is 0. The summed E-state index contributed by atoms with van der Waals surface area (Å²) in [6, 6.07) is 17.0. The lowest BCUT2D eigenvalue weighted by Crippen LogP contribution is -2.36. The first-order valence-electron chi connectivity index (χ1n) is 8.14. The van der Waals surface area contributed by atoms with Gasteiger partial charge in [0.05, 0.1) is 12.1 Å². The Balaban J connectivity index is 2.06. The third-order valence-corrected chi connectivity index (χ3v) is 4.60. The van der Waals surface area contributed by atoms with Gasteiger partial charge in [0, 0.05) is 10.8 Å². The molecule has 0 fully saturated rings. The van der Waals surface area contributed by atoms with Crippen LogP contribution in [0.15, 0.2) is 64.6 Å². The zero-order valence-electron chi connectivity index (χ0n) is 13.3. The van der Waals surface area contributed by atoms with Crippen molar-refractivity contribution in [2.24, 2.45) is 9.98 Å². The second-order valence-electron chi connectivity index (χ2n) is 6.03. The van der Waals surface area contributed by atoms with Gasteiger partial charge in [0.1, 0.15) is 10.7 Å². The number of benzene rings is 3. The lowest BCUT2D eigenvalue weighted by molar-refractivity contribution is 0.432. The Morgan fingerprint density at radius 3 is 1.92 bits per heavy atom. The van der Waals surface area contributed by atoms with Gasteiger partial charge in [-0.3, -0.25) is 9.98 Å². The molecule has 4 rings (SSSR count). The highest BCUT2D eigenvalue weighted by Gasteiger charge is 2.26. The number of hydrogen-bond acceptors (Lipinski definition) is 4. The molecule has 4 heteroatoms. The van der Waals surface area contributed by atoms with Crippen LogP contribution in [-0.4, -0.2) is 16.3 Å². The van der Waals surface area contributed by atoms with E-state index in [2.05, 4.69) is 6.92 Å². The van der Waals surface area contributed by atoms with E-state index in [-0.39, 0.29) is 23.6 Å². The average Bonchev–Trinajstić information content (AvgIpc) is 2.65. The van der Waals surface area contributed by atoms with Crippen molar-refractivity contribution in [3.63, 3.8) is 0 Å². The van der Waals surface area contributed by atoms with Crippen LogP contribution in [0.2, 0.25) is 0 Å². The van der Waals surface area contributed by atoms with Gasteiger partial charge in [0.15, 0.2) is 11.5 Å². The van der Waals surface area contributed by atoms with E-state index < -0.39 is 0 Å². The second kappa shape index (κ2) is 5.64. The molecule has 2 N–H and O–H groups in total. The third-order valence-electron chi connectivity index (χ3n) is 4.60. The predicted molar refractivity (Wildman–Crippen MR) is 92.9 cm³/mol. The van der Waals surface area contributed by atoms with E-state index in [4.69, 9.17) is 9.98 Å². The molecule has 0 amide bonds. The van der Waals surface area contributed by atoms with Crippen molar-refractivity contribution < 1.29 is 10.2 Å². The molecule has 120 valence electrons. The van der Waals surface area contributed by atoms with Gasteiger partial charge in [-0.2, -0.15) is 0 Å². The Hall–Kier alpha value is -2.88. The maximum absolute atomic E-state index is 10.7. The van der Waals surface area contributed by atoms with Gasteiger partial charge in [0.25, 0.3) is 0 Å². The van der Waals surface area contributed by atoms with Crippen LogP contribution in [-0.2, 0) is 0 Å². The zero-order valence-corrected chi connectivity index (χ0v) is 13.3. The molecule has 1 aliphatic rings. The first-order valence-corrected chi connectivity index (χ1v) is 8.14. The van der Waals surface area contributed by atoms with Gasteiger partial charge in [-0.25, -0.2) is 0 Å². The topological polar surface area (TPSA) is 65.2 Å². The number of phenols is 2. The quantitative estimate of drug-likeness (QED) is 0.713. The Bertz CT molecular complexity index is 1030. The summed E-state index contributed by atoms with van der Waals surface area (Å²) in [6.07, 6.45) is 0.801. The van der Waals surface area contributed by atoms with Crippen LogP contribution in [0.25, 0.3) is 10.8 Å². The van der Waals surface area contributed by atoms with Crippen molar-refractivity contribution in [3.05, 3.63) is 70.9 Å². The highest BCUT2D eigenvalue weighted by Crippen LogP contribution is 2.30. The Morgan fingerprint density at radius 1 is 0.792 bits per heavy atom. The van der Waals surface area contributed by atoms with Crippen molar-refractivity contribution >= 4 is 10.8 Å². The number of nitrogens with zero attached hydrogens (tertiary/aromatic N) is 2. The molecular weight excluding hydrogens is 300 g/mol. The van der Waals surface area contributed by atoms with Crippen LogP contribution < -0.4 is 10.7 Å². The summed E-state index contributed by atoms with van der Waals surface area (Å²) in [6.45, 7) is 2.06. The molecule has 3 aromatic rings. The first kappa shape index (κ1) is 14.7. The molecule has 0 saturated carbocycles. The molecule has 0 bridgehead atoms. The number of fused-ring (bicyclic) bond motifs is 2. The van der Waals surface area contributed by atoms with E-state index in [0.29, 0.717) is 21.5 Å². The molecular formula is C20H18N2O2. The SMILES string of the molecule is CC[C@@H]1N=c2c(O)c3ccccc3c(O)c2=N[C@H]1c1ccccc1. The van der Waals surface area contributed by atoms with Gasteiger partial charge in [-0.15, -0.1) is 0 Å². The molecule has 0 radical (unpaired) electrons. The molecule has 1 heterocycles. The van der Waals surface area contributed by atoms with E-state index in [0.717, 1.165) is 12.0 Å². The smallest absolute Gasteiger partial charge is 0.151 e. The molecule has 0 unspecified atom stereocenters. The van der Waals surface area contributed by atoms with Crippen molar-refractivity contribution in [1.82, 2.24) is 0 Å². The fraction of sp³-hybridized carbons (Fsp3) is 0.200. The van der Waals surface area contributed by atoms with Gasteiger partial charge in [-0.05, 0) is 12.0 Å². The van der Waals surface area contributed by atoms with Crippen molar-refractivity contribution in [2.45, 2.75) is 25.4 Å². The minimum absolute atomic E-state index is 0.0636. The van der Waals surface area contributed by atoms with Gasteiger partial charge >= 0.3 is 0 Å². The number of rotatable bonds is 2. The largest absolute Gasteiger partial charge is 0.505 e. The van der Waals surface area contributed by atoms with Crippen LogP contribution in [0.1, 0.15) is 24.9 Å². The molecule has 0 aliphatic carbocycles. The summed E-state index contributed by atoms with van der Waals surface area (Å²) in [7, 11) is 0. The van der Waals surface area contributed by atoms with Crippen LogP contribution in [0.5, 0.6) is 11.5 Å². The number of hydrogen-bond donors (Lipinski definition) is 2. The summed E-state index contributed by atoms with van der Waals surface area (Å²) in [4.78, 5) is 9.50.